The molecule has 5 nitrogen and oxygen atoms in total. The molecule has 0 aromatic carbocycles. The van der Waals surface area contributed by atoms with E-state index in [1.165, 1.54) is 8.61 Å². The van der Waals surface area contributed by atoms with Gasteiger partial charge in [0.15, 0.2) is 0 Å². The summed E-state index contributed by atoms with van der Waals surface area (Å²) >= 11 is 4.92. The molecule has 1 aromatic heterocycles. The van der Waals surface area contributed by atoms with Gasteiger partial charge in [0.2, 0.25) is 0 Å². The molecule has 0 bridgehead atoms. The third-order valence-corrected chi connectivity index (χ3v) is 6.94. The molecule has 2 heterocycles. The van der Waals surface area contributed by atoms with Crippen LogP contribution in [0.5, 0.6) is 0 Å². The van der Waals surface area contributed by atoms with Gasteiger partial charge in [-0.15, -0.1) is 11.3 Å². The lowest BCUT2D eigenvalue weighted by Crippen LogP contribution is -2.46. The predicted octanol–water partition coefficient (Wildman–Crippen LogP) is 1.89. The van der Waals surface area contributed by atoms with Crippen LogP contribution in [0.1, 0.15) is 18.4 Å². The number of halogens is 1. The maximum Gasteiger partial charge on any atom is 0.282 e. The van der Waals surface area contributed by atoms with Gasteiger partial charge in [-0.3, -0.25) is 0 Å². The summed E-state index contributed by atoms with van der Waals surface area (Å²) in [7, 11) is -1.85. The maximum absolute atomic E-state index is 12.5. The van der Waals surface area contributed by atoms with Gasteiger partial charge in [-0.1, -0.05) is 0 Å². The van der Waals surface area contributed by atoms with E-state index in [4.69, 9.17) is 0 Å². The van der Waals surface area contributed by atoms with Crippen molar-refractivity contribution in [3.63, 3.8) is 0 Å². The van der Waals surface area contributed by atoms with Crippen LogP contribution in [0.3, 0.4) is 0 Å². The van der Waals surface area contributed by atoms with Gasteiger partial charge in [-0.2, -0.15) is 17.0 Å². The highest BCUT2D eigenvalue weighted by Crippen LogP contribution is 2.24. The molecule has 1 N–H and O–H groups in total. The van der Waals surface area contributed by atoms with Gasteiger partial charge in [-0.05, 0) is 51.7 Å². The van der Waals surface area contributed by atoms with E-state index in [-0.39, 0.29) is 12.5 Å². The van der Waals surface area contributed by atoms with E-state index in [0.717, 1.165) is 22.2 Å². The Bertz CT molecular complexity index is 547. The number of hydrogen-bond donors (Lipinski definition) is 1. The van der Waals surface area contributed by atoms with Crippen LogP contribution in [0.4, 0.5) is 0 Å². The summed E-state index contributed by atoms with van der Waals surface area (Å²) in [5.74, 6) is 0.0576. The van der Waals surface area contributed by atoms with E-state index in [2.05, 4.69) is 15.9 Å². The summed E-state index contributed by atoms with van der Waals surface area (Å²) in [6.45, 7) is 1.37. The number of thiophene rings is 1. The number of piperidine rings is 1. The van der Waals surface area contributed by atoms with Gasteiger partial charge < -0.3 is 5.11 Å². The van der Waals surface area contributed by atoms with Crippen molar-refractivity contribution in [3.8, 4) is 0 Å². The van der Waals surface area contributed by atoms with Crippen molar-refractivity contribution in [2.75, 3.05) is 26.7 Å². The van der Waals surface area contributed by atoms with Crippen LogP contribution in [0, 0.1) is 5.92 Å². The fourth-order valence-corrected chi connectivity index (χ4v) is 5.02. The standard InChI is InChI=1S/C12H19BrN2O3S2/c1-14(6-11-5-12(13)19-9-11)20(17,18)15-4-2-3-10(7-15)8-16/h5,9-10,16H,2-4,6-8H2,1H3. The second-order valence-corrected chi connectivity index (χ2v) is 9.40. The molecular weight excluding hydrogens is 364 g/mol. The number of hydrogen-bond acceptors (Lipinski definition) is 4. The second kappa shape index (κ2) is 6.85. The third kappa shape index (κ3) is 3.80. The van der Waals surface area contributed by atoms with E-state index >= 15 is 0 Å². The van der Waals surface area contributed by atoms with Gasteiger partial charge in [0.25, 0.3) is 10.2 Å². The first-order chi connectivity index (χ1) is 9.43. The summed E-state index contributed by atoms with van der Waals surface area (Å²) in [6.07, 6.45) is 1.70. The van der Waals surface area contributed by atoms with Crippen LogP contribution >= 0.6 is 27.3 Å². The van der Waals surface area contributed by atoms with Gasteiger partial charge in [0.1, 0.15) is 0 Å². The fourth-order valence-electron chi connectivity index (χ4n) is 2.35. The minimum absolute atomic E-state index is 0.0488. The fraction of sp³-hybridized carbons (Fsp3) is 0.667. The summed E-state index contributed by atoms with van der Waals surface area (Å²) < 4.78 is 28.9. The first kappa shape index (κ1) is 16.4. The SMILES string of the molecule is CN(Cc1csc(Br)c1)S(=O)(=O)N1CCCC(CO)C1. The minimum Gasteiger partial charge on any atom is -0.396 e. The molecule has 0 spiro atoms. The quantitative estimate of drug-likeness (QED) is 0.845. The largest absolute Gasteiger partial charge is 0.396 e. The molecule has 1 unspecified atom stereocenters. The molecule has 0 aliphatic carbocycles. The monoisotopic (exact) mass is 382 g/mol. The van der Waals surface area contributed by atoms with Crippen molar-refractivity contribution in [1.29, 1.82) is 0 Å². The van der Waals surface area contributed by atoms with Crippen LogP contribution in [-0.4, -0.2) is 48.9 Å². The minimum atomic E-state index is -3.45. The van der Waals surface area contributed by atoms with Crippen molar-refractivity contribution >= 4 is 37.5 Å². The smallest absolute Gasteiger partial charge is 0.282 e. The molecule has 1 saturated heterocycles. The summed E-state index contributed by atoms with van der Waals surface area (Å²) in [6, 6.07) is 1.93. The zero-order valence-corrected chi connectivity index (χ0v) is 14.5. The van der Waals surface area contributed by atoms with Gasteiger partial charge in [0, 0.05) is 33.3 Å². The van der Waals surface area contributed by atoms with Gasteiger partial charge >= 0.3 is 0 Å². The normalized spacial score (nSPS) is 21.5. The summed E-state index contributed by atoms with van der Waals surface area (Å²) in [5, 5.41) is 11.2. The van der Waals surface area contributed by atoms with E-state index in [1.54, 1.807) is 18.4 Å². The van der Waals surface area contributed by atoms with E-state index < -0.39 is 10.2 Å². The van der Waals surface area contributed by atoms with E-state index in [0.29, 0.717) is 19.6 Å². The number of aliphatic hydroxyl groups excluding tert-OH is 1. The lowest BCUT2D eigenvalue weighted by molar-refractivity contribution is 0.161. The summed E-state index contributed by atoms with van der Waals surface area (Å²) in [4.78, 5) is 0. The Morgan fingerprint density at radius 3 is 2.95 bits per heavy atom. The Morgan fingerprint density at radius 2 is 2.35 bits per heavy atom. The van der Waals surface area contributed by atoms with Gasteiger partial charge in [0.05, 0.1) is 3.79 Å². The molecule has 0 saturated carbocycles. The van der Waals surface area contributed by atoms with Gasteiger partial charge in [-0.25, -0.2) is 0 Å². The van der Waals surface area contributed by atoms with Crippen molar-refractivity contribution < 1.29 is 13.5 Å². The molecule has 114 valence electrons. The lowest BCUT2D eigenvalue weighted by Gasteiger charge is -2.33. The molecule has 1 aromatic rings. The zero-order chi connectivity index (χ0) is 14.8. The Morgan fingerprint density at radius 1 is 1.60 bits per heavy atom. The molecule has 1 aliphatic rings. The molecule has 1 aliphatic heterocycles. The first-order valence-electron chi connectivity index (χ1n) is 6.48. The van der Waals surface area contributed by atoms with E-state index in [9.17, 15) is 13.5 Å². The zero-order valence-electron chi connectivity index (χ0n) is 11.3. The number of nitrogens with zero attached hydrogens (tertiary/aromatic N) is 2. The highest BCUT2D eigenvalue weighted by Gasteiger charge is 2.31. The van der Waals surface area contributed by atoms with Crippen LogP contribution < -0.4 is 0 Å². The lowest BCUT2D eigenvalue weighted by atomic mass is 10.0. The van der Waals surface area contributed by atoms with Crippen molar-refractivity contribution in [3.05, 3.63) is 20.8 Å². The van der Waals surface area contributed by atoms with Crippen LogP contribution in [0.15, 0.2) is 15.2 Å². The van der Waals surface area contributed by atoms with Crippen LogP contribution in [0.25, 0.3) is 0 Å². The average molecular weight is 383 g/mol. The molecule has 20 heavy (non-hydrogen) atoms. The number of rotatable bonds is 5. The van der Waals surface area contributed by atoms with Crippen LogP contribution in [-0.2, 0) is 16.8 Å². The highest BCUT2D eigenvalue weighted by molar-refractivity contribution is 9.11. The number of aliphatic hydroxyl groups is 1. The second-order valence-electron chi connectivity index (χ2n) is 5.07. The topological polar surface area (TPSA) is 60.9 Å². The Balaban J connectivity index is 2.05. The Hall–Kier alpha value is 0.01000. The molecule has 0 amide bonds. The molecule has 1 fully saturated rings. The molecule has 2 rings (SSSR count). The highest BCUT2D eigenvalue weighted by atomic mass is 79.9. The van der Waals surface area contributed by atoms with Crippen LogP contribution in [0.2, 0.25) is 0 Å². The van der Waals surface area contributed by atoms with Crippen molar-refractivity contribution in [2.45, 2.75) is 19.4 Å². The summed E-state index contributed by atoms with van der Waals surface area (Å²) in [5.41, 5.74) is 0.976. The van der Waals surface area contributed by atoms with Crippen molar-refractivity contribution in [1.82, 2.24) is 8.61 Å². The Labute approximate surface area is 132 Å². The first-order valence-corrected chi connectivity index (χ1v) is 9.55. The molecule has 0 radical (unpaired) electrons. The molecule has 8 heteroatoms. The molecular formula is C12H19BrN2O3S2. The van der Waals surface area contributed by atoms with E-state index in [1.807, 2.05) is 11.4 Å². The van der Waals surface area contributed by atoms with Crippen molar-refractivity contribution in [2.24, 2.45) is 5.92 Å². The maximum atomic E-state index is 12.5. The Kier molecular flexibility index (Phi) is 5.61. The third-order valence-electron chi connectivity index (χ3n) is 3.49. The average Bonchev–Trinajstić information content (AvgIpc) is 2.84. The predicted molar refractivity (Wildman–Crippen MR) is 83.8 cm³/mol. The molecule has 1 atom stereocenters.